The van der Waals surface area contributed by atoms with Crippen molar-refractivity contribution in [2.24, 2.45) is 0 Å². The number of hydrogen-bond donors (Lipinski definition) is 2. The highest BCUT2D eigenvalue weighted by Gasteiger charge is 2.48. The van der Waals surface area contributed by atoms with E-state index in [1.54, 1.807) is 20.8 Å². The van der Waals surface area contributed by atoms with Gasteiger partial charge in [-0.3, -0.25) is 0 Å². The summed E-state index contributed by atoms with van der Waals surface area (Å²) in [7, 11) is 0. The largest absolute Gasteiger partial charge is 0.444 e. The molecule has 1 rings (SSSR count). The highest BCUT2D eigenvalue weighted by molar-refractivity contribution is 5.69. The van der Waals surface area contributed by atoms with Crippen molar-refractivity contribution >= 4 is 6.09 Å². The summed E-state index contributed by atoms with van der Waals surface area (Å²) in [4.78, 5) is 12.6. The minimum atomic E-state index is -2.14. The van der Waals surface area contributed by atoms with Gasteiger partial charge < -0.3 is 19.8 Å². The van der Waals surface area contributed by atoms with Crippen LogP contribution in [0.2, 0.25) is 0 Å². The number of aliphatic hydroxyl groups excluding tert-OH is 2. The lowest BCUT2D eigenvalue weighted by atomic mass is 10.0. The lowest BCUT2D eigenvalue weighted by molar-refractivity contribution is -0.0114. The van der Waals surface area contributed by atoms with Crippen LogP contribution in [-0.4, -0.2) is 58.3 Å². The van der Waals surface area contributed by atoms with Gasteiger partial charge in [-0.15, -0.1) is 0 Å². The van der Waals surface area contributed by atoms with Crippen molar-refractivity contribution < 1.29 is 24.1 Å². The van der Waals surface area contributed by atoms with Gasteiger partial charge in [0.05, 0.1) is 19.7 Å². The van der Waals surface area contributed by atoms with Crippen LogP contribution in [0.3, 0.4) is 0 Å². The van der Waals surface area contributed by atoms with Crippen LogP contribution in [0, 0.1) is 0 Å². The molecule has 5 nitrogen and oxygen atoms in total. The van der Waals surface area contributed by atoms with E-state index >= 15 is 0 Å². The summed E-state index contributed by atoms with van der Waals surface area (Å²) in [6.45, 7) is 3.78. The van der Waals surface area contributed by atoms with Gasteiger partial charge in [-0.25, -0.2) is 9.18 Å². The molecule has 94 valence electrons. The van der Waals surface area contributed by atoms with Gasteiger partial charge in [-0.2, -0.15) is 0 Å². The third-order valence-electron chi connectivity index (χ3n) is 2.36. The zero-order chi connectivity index (χ0) is 12.6. The summed E-state index contributed by atoms with van der Waals surface area (Å²) in [5.41, 5.74) is -2.81. The van der Waals surface area contributed by atoms with E-state index in [1.165, 1.54) is 0 Å². The van der Waals surface area contributed by atoms with Crippen molar-refractivity contribution in [2.45, 2.75) is 38.1 Å². The number of carbonyl (C=O) groups is 1. The number of rotatable bonds is 1. The molecule has 1 aliphatic rings. The van der Waals surface area contributed by atoms with Crippen molar-refractivity contribution in [1.82, 2.24) is 4.90 Å². The van der Waals surface area contributed by atoms with E-state index in [-0.39, 0.29) is 13.1 Å². The third-order valence-corrected chi connectivity index (χ3v) is 2.36. The Hall–Kier alpha value is -0.880. The maximum Gasteiger partial charge on any atom is 0.410 e. The second-order valence-corrected chi connectivity index (χ2v) is 5.07. The number of aliphatic hydroxyl groups is 2. The van der Waals surface area contributed by atoms with Crippen LogP contribution in [0.15, 0.2) is 0 Å². The monoisotopic (exact) mass is 235 g/mol. The summed E-state index contributed by atoms with van der Waals surface area (Å²) in [6, 6.07) is 0. The number of ether oxygens (including phenoxy) is 1. The predicted octanol–water partition coefficient (Wildman–Crippen LogP) is 0.299. The Morgan fingerprint density at radius 2 is 2.19 bits per heavy atom. The molecule has 6 heteroatoms. The van der Waals surface area contributed by atoms with E-state index in [2.05, 4.69) is 0 Å². The average Bonchev–Trinajstić information content (AvgIpc) is 2.41. The summed E-state index contributed by atoms with van der Waals surface area (Å²) in [5.74, 6) is 0. The van der Waals surface area contributed by atoms with Gasteiger partial charge in [-0.05, 0) is 20.8 Å². The average molecular weight is 235 g/mol. The molecule has 0 radical (unpaired) electrons. The molecule has 1 aliphatic heterocycles. The quantitative estimate of drug-likeness (QED) is 0.685. The van der Waals surface area contributed by atoms with Crippen LogP contribution in [0.5, 0.6) is 0 Å². The molecule has 0 unspecified atom stereocenters. The number of nitrogens with zero attached hydrogens (tertiary/aromatic N) is 1. The van der Waals surface area contributed by atoms with Gasteiger partial charge in [0.2, 0.25) is 0 Å². The number of halogens is 1. The maximum atomic E-state index is 13.7. The topological polar surface area (TPSA) is 70.0 Å². The smallest absolute Gasteiger partial charge is 0.410 e. The molecule has 0 saturated carbocycles. The zero-order valence-corrected chi connectivity index (χ0v) is 9.73. The van der Waals surface area contributed by atoms with Crippen molar-refractivity contribution in [1.29, 1.82) is 0 Å². The number of alkyl halides is 1. The van der Waals surface area contributed by atoms with Crippen LogP contribution < -0.4 is 0 Å². The summed E-state index contributed by atoms with van der Waals surface area (Å²) >= 11 is 0. The molecule has 1 saturated heterocycles. The third kappa shape index (κ3) is 2.82. The van der Waals surface area contributed by atoms with Crippen LogP contribution in [0.4, 0.5) is 9.18 Å². The Kier molecular flexibility index (Phi) is 3.44. The number of carbonyl (C=O) groups excluding carboxylic acids is 1. The van der Waals surface area contributed by atoms with Gasteiger partial charge in [0.1, 0.15) is 11.7 Å². The normalized spacial score (nSPS) is 30.6. The first-order valence-corrected chi connectivity index (χ1v) is 5.14. The molecular weight excluding hydrogens is 217 g/mol. The molecule has 2 atom stereocenters. The standard InChI is InChI=1S/C10H18FNO4/c1-9(2,3)16-8(15)12-4-7(14)10(11,5-12)6-13/h7,13-14H,4-6H2,1-3H3/t7-,10-/m1/s1. The molecule has 2 N–H and O–H groups in total. The van der Waals surface area contributed by atoms with Crippen LogP contribution in [-0.2, 0) is 4.74 Å². The lowest BCUT2D eigenvalue weighted by Crippen LogP contribution is -2.41. The van der Waals surface area contributed by atoms with Crippen LogP contribution in [0.1, 0.15) is 20.8 Å². The fourth-order valence-electron chi connectivity index (χ4n) is 1.48. The molecule has 1 fully saturated rings. The second kappa shape index (κ2) is 4.18. The van der Waals surface area contributed by atoms with E-state index in [0.717, 1.165) is 4.90 Å². The number of amides is 1. The van der Waals surface area contributed by atoms with Gasteiger partial charge in [0, 0.05) is 0 Å². The van der Waals surface area contributed by atoms with Gasteiger partial charge in [0.15, 0.2) is 5.67 Å². The van der Waals surface area contributed by atoms with Crippen molar-refractivity contribution in [3.63, 3.8) is 0 Å². The molecule has 0 aromatic rings. The molecule has 16 heavy (non-hydrogen) atoms. The fourth-order valence-corrected chi connectivity index (χ4v) is 1.48. The lowest BCUT2D eigenvalue weighted by Gasteiger charge is -2.24. The minimum absolute atomic E-state index is 0.161. The first-order chi connectivity index (χ1) is 7.18. The maximum absolute atomic E-state index is 13.7. The Labute approximate surface area is 93.8 Å². The van der Waals surface area contributed by atoms with E-state index < -0.39 is 30.1 Å². The van der Waals surface area contributed by atoms with Gasteiger partial charge in [-0.1, -0.05) is 0 Å². The first-order valence-electron chi connectivity index (χ1n) is 5.14. The molecular formula is C10H18FNO4. The van der Waals surface area contributed by atoms with E-state index in [0.29, 0.717) is 0 Å². The Morgan fingerprint density at radius 3 is 2.56 bits per heavy atom. The van der Waals surface area contributed by atoms with Crippen LogP contribution in [0.25, 0.3) is 0 Å². The Morgan fingerprint density at radius 1 is 1.62 bits per heavy atom. The zero-order valence-electron chi connectivity index (χ0n) is 9.73. The van der Waals surface area contributed by atoms with Gasteiger partial charge >= 0.3 is 6.09 Å². The highest BCUT2D eigenvalue weighted by atomic mass is 19.1. The van der Waals surface area contributed by atoms with Gasteiger partial charge in [0.25, 0.3) is 0 Å². The number of likely N-dealkylation sites (tertiary alicyclic amines) is 1. The van der Waals surface area contributed by atoms with Crippen molar-refractivity contribution in [3.8, 4) is 0 Å². The first kappa shape index (κ1) is 13.2. The van der Waals surface area contributed by atoms with E-state index in [9.17, 15) is 14.3 Å². The SMILES string of the molecule is CC(C)(C)OC(=O)N1C[C@@H](O)[C@](F)(CO)C1. The minimum Gasteiger partial charge on any atom is -0.444 e. The van der Waals surface area contributed by atoms with Crippen LogP contribution >= 0.6 is 0 Å². The fraction of sp³-hybridized carbons (Fsp3) is 0.900. The molecule has 1 heterocycles. The Bertz CT molecular complexity index is 278. The number of β-amino-alcohol motifs (C(OH)–C–C–N with tert-alkyl or cyclic N) is 1. The molecule has 0 aliphatic carbocycles. The van der Waals surface area contributed by atoms with Crippen molar-refractivity contribution in [3.05, 3.63) is 0 Å². The van der Waals surface area contributed by atoms with E-state index in [1.807, 2.05) is 0 Å². The molecule has 0 aromatic heterocycles. The predicted molar refractivity (Wildman–Crippen MR) is 54.7 cm³/mol. The summed E-state index contributed by atoms with van der Waals surface area (Å²) < 4.78 is 18.8. The van der Waals surface area contributed by atoms with E-state index in [4.69, 9.17) is 9.84 Å². The molecule has 0 spiro atoms. The highest BCUT2D eigenvalue weighted by Crippen LogP contribution is 2.26. The molecule has 0 aromatic carbocycles. The molecule has 1 amide bonds. The molecule has 0 bridgehead atoms. The summed E-state index contributed by atoms with van der Waals surface area (Å²) in [6.07, 6.45) is -2.05. The summed E-state index contributed by atoms with van der Waals surface area (Å²) in [5, 5.41) is 18.2. The second-order valence-electron chi connectivity index (χ2n) is 5.07. The number of hydrogen-bond acceptors (Lipinski definition) is 4. The Balaban J connectivity index is 2.62. The van der Waals surface area contributed by atoms with Crippen molar-refractivity contribution in [2.75, 3.05) is 19.7 Å².